The van der Waals surface area contributed by atoms with Crippen LogP contribution in [-0.4, -0.2) is 35.9 Å². The van der Waals surface area contributed by atoms with Crippen molar-refractivity contribution in [2.75, 3.05) is 0 Å². The van der Waals surface area contributed by atoms with Crippen molar-refractivity contribution in [1.29, 1.82) is 0 Å². The van der Waals surface area contributed by atoms with Crippen molar-refractivity contribution >= 4 is 33.7 Å². The highest BCUT2D eigenvalue weighted by Crippen LogP contribution is 2.32. The molecule has 2 N–H and O–H groups in total. The molecule has 0 unspecified atom stereocenters. The number of aliphatic imine (C=N–C) groups is 1. The van der Waals surface area contributed by atoms with Crippen LogP contribution >= 0.6 is 0 Å². The largest absolute Gasteiger partial charge is 0.353 e. The van der Waals surface area contributed by atoms with E-state index in [0.29, 0.717) is 5.70 Å². The summed E-state index contributed by atoms with van der Waals surface area (Å²) in [6.45, 7) is 3.88. The van der Waals surface area contributed by atoms with Crippen molar-refractivity contribution in [3.05, 3.63) is 66.5 Å². The molecule has 0 saturated heterocycles. The molecule has 7 heteroatoms. The number of pyridine rings is 1. The molecule has 5 rings (SSSR count). The number of nitrogens with zero attached hydrogens (tertiary/aromatic N) is 5. The number of aromatic nitrogens is 6. The van der Waals surface area contributed by atoms with Gasteiger partial charge in [0.15, 0.2) is 0 Å². The number of hydrogen-bond donors (Lipinski definition) is 2. The van der Waals surface area contributed by atoms with E-state index in [9.17, 15) is 0 Å². The Hall–Kier alpha value is -4.44. The Bertz CT molecular complexity index is 1520. The van der Waals surface area contributed by atoms with Crippen LogP contribution in [0.25, 0.3) is 44.6 Å². The normalized spacial score (nSPS) is 12.2. The minimum Gasteiger partial charge on any atom is -0.353 e. The molecular weight excluding hydrogens is 386 g/mol. The van der Waals surface area contributed by atoms with Crippen LogP contribution < -0.4 is 0 Å². The second-order valence-electron chi connectivity index (χ2n) is 7.13. The fraction of sp³-hybridized carbons (Fsp3) is 0.0833. The van der Waals surface area contributed by atoms with Gasteiger partial charge < -0.3 is 9.55 Å². The van der Waals surface area contributed by atoms with E-state index in [2.05, 4.69) is 54.3 Å². The lowest BCUT2D eigenvalue weighted by atomic mass is 10.1. The molecule has 0 aliphatic heterocycles. The summed E-state index contributed by atoms with van der Waals surface area (Å²) in [7, 11) is 0. The van der Waals surface area contributed by atoms with Crippen LogP contribution in [0.15, 0.2) is 60.1 Å². The number of hydrogen-bond acceptors (Lipinski definition) is 4. The van der Waals surface area contributed by atoms with E-state index in [-0.39, 0.29) is 0 Å². The molecule has 0 aliphatic carbocycles. The van der Waals surface area contributed by atoms with Gasteiger partial charge in [-0.3, -0.25) is 10.1 Å². The molecule has 0 atom stereocenters. The maximum Gasteiger partial charge on any atom is 0.116 e. The molecule has 0 saturated carbocycles. The average molecular weight is 405 g/mol. The van der Waals surface area contributed by atoms with Crippen LogP contribution in [0.4, 0.5) is 0 Å². The lowest BCUT2D eigenvalue weighted by Gasteiger charge is -2.03. The highest BCUT2D eigenvalue weighted by molar-refractivity contribution is 5.98. The van der Waals surface area contributed by atoms with Gasteiger partial charge in [-0.15, -0.1) is 6.42 Å². The van der Waals surface area contributed by atoms with Crippen LogP contribution in [0, 0.1) is 19.3 Å². The van der Waals surface area contributed by atoms with Gasteiger partial charge in [0, 0.05) is 22.5 Å². The van der Waals surface area contributed by atoms with Crippen LogP contribution in [0.3, 0.4) is 0 Å². The number of aryl methyl sites for hydroxylation is 1. The number of terminal acetylenes is 1. The van der Waals surface area contributed by atoms with Crippen molar-refractivity contribution in [1.82, 2.24) is 29.7 Å². The number of allylic oxidation sites excluding steroid dienone is 1. The minimum atomic E-state index is 0.710. The minimum absolute atomic E-state index is 0.710. The molecule has 5 aromatic rings. The summed E-state index contributed by atoms with van der Waals surface area (Å²) in [5, 5.41) is 9.66. The Morgan fingerprint density at radius 1 is 1.19 bits per heavy atom. The van der Waals surface area contributed by atoms with E-state index in [1.807, 2.05) is 49.1 Å². The first-order chi connectivity index (χ1) is 15.2. The lowest BCUT2D eigenvalue weighted by Crippen LogP contribution is -1.89. The third-order valence-electron chi connectivity index (χ3n) is 5.15. The summed E-state index contributed by atoms with van der Waals surface area (Å²) in [4.78, 5) is 16.6. The van der Waals surface area contributed by atoms with Gasteiger partial charge >= 0.3 is 0 Å². The molecule has 0 spiro atoms. The van der Waals surface area contributed by atoms with E-state index in [1.54, 1.807) is 6.20 Å². The van der Waals surface area contributed by atoms with Crippen LogP contribution in [0.2, 0.25) is 0 Å². The zero-order chi connectivity index (χ0) is 21.4. The number of benzene rings is 1. The zero-order valence-electron chi connectivity index (χ0n) is 17.1. The second kappa shape index (κ2) is 7.43. The van der Waals surface area contributed by atoms with E-state index in [0.717, 1.165) is 50.3 Å². The average Bonchev–Trinajstić information content (AvgIpc) is 3.51. The maximum atomic E-state index is 5.30. The Balaban J connectivity index is 1.65. The molecule has 0 amide bonds. The molecule has 4 heterocycles. The molecule has 150 valence electrons. The topological polar surface area (TPSA) is 87.5 Å². The summed E-state index contributed by atoms with van der Waals surface area (Å²) >= 11 is 0. The fourth-order valence-electron chi connectivity index (χ4n) is 3.70. The quantitative estimate of drug-likeness (QED) is 0.337. The van der Waals surface area contributed by atoms with Crippen molar-refractivity contribution < 1.29 is 0 Å². The van der Waals surface area contributed by atoms with Crippen molar-refractivity contribution in [2.45, 2.75) is 13.8 Å². The van der Waals surface area contributed by atoms with Gasteiger partial charge in [0.25, 0.3) is 0 Å². The van der Waals surface area contributed by atoms with E-state index in [1.165, 1.54) is 6.21 Å². The van der Waals surface area contributed by atoms with Crippen LogP contribution in [-0.2, 0) is 0 Å². The SMILES string of the molecule is C#CC=N/C(=C\C)c1cc2c(-c3cc4c(-n5cnc(C)c5)cccc4[nH]3)n[nH]c2cn1. The summed E-state index contributed by atoms with van der Waals surface area (Å²) in [5.74, 6) is 2.42. The second-order valence-corrected chi connectivity index (χ2v) is 7.13. The van der Waals surface area contributed by atoms with Gasteiger partial charge in [0.2, 0.25) is 0 Å². The summed E-state index contributed by atoms with van der Waals surface area (Å²) in [5.41, 5.74) is 7.07. The summed E-state index contributed by atoms with van der Waals surface area (Å²) in [6, 6.07) is 10.2. The monoisotopic (exact) mass is 405 g/mol. The number of rotatable bonds is 4. The Morgan fingerprint density at radius 2 is 2.10 bits per heavy atom. The molecule has 0 fully saturated rings. The Labute approximate surface area is 178 Å². The van der Waals surface area contributed by atoms with E-state index < -0.39 is 0 Å². The van der Waals surface area contributed by atoms with E-state index in [4.69, 9.17) is 6.42 Å². The molecule has 0 radical (unpaired) electrons. The Morgan fingerprint density at radius 3 is 2.87 bits per heavy atom. The highest BCUT2D eigenvalue weighted by Gasteiger charge is 2.15. The van der Waals surface area contributed by atoms with Crippen molar-refractivity contribution in [2.24, 2.45) is 4.99 Å². The molecule has 0 aliphatic rings. The first kappa shape index (κ1) is 18.6. The van der Waals surface area contributed by atoms with Gasteiger partial charge in [-0.25, -0.2) is 9.98 Å². The van der Waals surface area contributed by atoms with Gasteiger partial charge in [0.05, 0.1) is 52.7 Å². The van der Waals surface area contributed by atoms with Gasteiger partial charge in [0.1, 0.15) is 5.69 Å². The van der Waals surface area contributed by atoms with Gasteiger partial charge in [-0.1, -0.05) is 18.1 Å². The standard InChI is InChI=1S/C24H19N7/c1-4-9-25-18(5-2)20-11-17-22(12-26-20)29-30-24(17)21-10-16-19(28-21)7-6-8-23(16)31-13-15(3)27-14-31/h1,5-14,28H,2-3H3,(H,29,30)/b18-5-,25-9?. The number of fused-ring (bicyclic) bond motifs is 2. The summed E-state index contributed by atoms with van der Waals surface area (Å²) < 4.78 is 2.03. The number of aromatic amines is 2. The first-order valence-electron chi connectivity index (χ1n) is 9.80. The van der Waals surface area contributed by atoms with Crippen LogP contribution in [0.1, 0.15) is 18.3 Å². The fourth-order valence-corrected chi connectivity index (χ4v) is 3.70. The smallest absolute Gasteiger partial charge is 0.116 e. The maximum absolute atomic E-state index is 5.30. The van der Waals surface area contributed by atoms with Crippen LogP contribution in [0.5, 0.6) is 0 Å². The Kier molecular flexibility index (Phi) is 4.45. The van der Waals surface area contributed by atoms with Crippen molar-refractivity contribution in [3.63, 3.8) is 0 Å². The number of H-pyrrole nitrogens is 2. The molecular formula is C24H19N7. The predicted molar refractivity (Wildman–Crippen MR) is 124 cm³/mol. The number of nitrogens with one attached hydrogen (secondary N) is 2. The summed E-state index contributed by atoms with van der Waals surface area (Å²) in [6.07, 6.45) is 14.2. The molecule has 31 heavy (non-hydrogen) atoms. The molecule has 4 aromatic heterocycles. The van der Waals surface area contributed by atoms with Gasteiger partial charge in [-0.05, 0) is 38.1 Å². The third kappa shape index (κ3) is 3.20. The number of imidazole rings is 1. The molecule has 7 nitrogen and oxygen atoms in total. The van der Waals surface area contributed by atoms with Crippen molar-refractivity contribution in [3.8, 4) is 29.4 Å². The van der Waals surface area contributed by atoms with Gasteiger partial charge in [-0.2, -0.15) is 5.10 Å². The lowest BCUT2D eigenvalue weighted by molar-refractivity contribution is 1.07. The highest BCUT2D eigenvalue weighted by atomic mass is 15.1. The third-order valence-corrected chi connectivity index (χ3v) is 5.15. The zero-order valence-corrected chi connectivity index (χ0v) is 17.1. The molecule has 0 bridgehead atoms. The molecule has 1 aromatic carbocycles. The van der Waals surface area contributed by atoms with E-state index >= 15 is 0 Å². The first-order valence-corrected chi connectivity index (χ1v) is 9.80. The predicted octanol–water partition coefficient (Wildman–Crippen LogP) is 4.67.